The highest BCUT2D eigenvalue weighted by Crippen LogP contribution is 2.30. The summed E-state index contributed by atoms with van der Waals surface area (Å²) in [5, 5.41) is 9.71. The van der Waals surface area contributed by atoms with Gasteiger partial charge >= 0.3 is 0 Å². The van der Waals surface area contributed by atoms with Crippen LogP contribution < -0.4 is 4.74 Å². The first-order valence-electron chi connectivity index (χ1n) is 10.3. The molecule has 3 rings (SSSR count). The lowest BCUT2D eigenvalue weighted by Crippen LogP contribution is -2.50. The third-order valence-corrected chi connectivity index (χ3v) is 5.67. The van der Waals surface area contributed by atoms with Crippen LogP contribution in [0.1, 0.15) is 31.1 Å². The van der Waals surface area contributed by atoms with Crippen molar-refractivity contribution in [2.45, 2.75) is 32.9 Å². The molecule has 31 heavy (non-hydrogen) atoms. The van der Waals surface area contributed by atoms with Crippen molar-refractivity contribution >= 4 is 11.8 Å². The highest BCUT2D eigenvalue weighted by atomic mass is 19.1. The largest absolute Gasteiger partial charge is 0.472 e. The zero-order valence-electron chi connectivity index (χ0n) is 18.2. The van der Waals surface area contributed by atoms with Gasteiger partial charge in [-0.05, 0) is 30.7 Å². The Kier molecular flexibility index (Phi) is 6.90. The van der Waals surface area contributed by atoms with Crippen LogP contribution in [0.3, 0.4) is 0 Å². The molecule has 0 aliphatic carbocycles. The Morgan fingerprint density at radius 2 is 2.13 bits per heavy atom. The summed E-state index contributed by atoms with van der Waals surface area (Å²) in [5.74, 6) is -0.744. The minimum Gasteiger partial charge on any atom is -0.472 e. The molecule has 166 valence electrons. The van der Waals surface area contributed by atoms with Gasteiger partial charge in [-0.3, -0.25) is 9.59 Å². The van der Waals surface area contributed by atoms with Gasteiger partial charge in [0, 0.05) is 38.2 Å². The number of aromatic nitrogens is 1. The summed E-state index contributed by atoms with van der Waals surface area (Å²) >= 11 is 0. The number of hydrogen-bond acceptors (Lipinski definition) is 5. The molecule has 1 aromatic heterocycles. The third-order valence-electron chi connectivity index (χ3n) is 5.67. The van der Waals surface area contributed by atoms with Crippen LogP contribution in [0.2, 0.25) is 0 Å². The number of aliphatic hydroxyl groups excluding tert-OH is 1. The predicted octanol–water partition coefficient (Wildman–Crippen LogP) is 2.59. The molecule has 8 heteroatoms. The van der Waals surface area contributed by atoms with Crippen molar-refractivity contribution in [3.8, 4) is 17.0 Å². The summed E-state index contributed by atoms with van der Waals surface area (Å²) in [6.07, 6.45) is 1.14. The maximum atomic E-state index is 13.7. The molecule has 0 saturated heterocycles. The Bertz CT molecular complexity index is 968. The number of fused-ring (bicyclic) bond motifs is 1. The van der Waals surface area contributed by atoms with Crippen molar-refractivity contribution in [2.75, 3.05) is 26.7 Å². The Balaban J connectivity index is 2.06. The highest BCUT2D eigenvalue weighted by molar-refractivity contribution is 5.98. The molecule has 0 bridgehead atoms. The molecule has 2 heterocycles. The van der Waals surface area contributed by atoms with E-state index >= 15 is 0 Å². The fraction of sp³-hybridized carbons (Fsp3) is 0.435. The molecule has 2 amide bonds. The van der Waals surface area contributed by atoms with E-state index in [1.54, 1.807) is 48.2 Å². The van der Waals surface area contributed by atoms with Gasteiger partial charge in [0.05, 0.1) is 19.2 Å². The van der Waals surface area contributed by atoms with E-state index in [1.165, 1.54) is 19.1 Å². The molecule has 0 radical (unpaired) electrons. The fourth-order valence-electron chi connectivity index (χ4n) is 3.54. The zero-order valence-corrected chi connectivity index (χ0v) is 18.2. The summed E-state index contributed by atoms with van der Waals surface area (Å²) in [5.41, 5.74) is 1.41. The number of benzene rings is 1. The summed E-state index contributed by atoms with van der Waals surface area (Å²) in [7, 11) is 1.69. The normalized spacial score (nSPS) is 19.7. The standard InChI is InChI=1S/C23H28FN3O4/c1-14-11-27(15(2)13-28)23(30)20-9-18(17-6-5-7-19(24)8-17)10-25-22(20)31-21(14)12-26(4)16(3)29/h5-10,14-15,21,28H,11-13H2,1-4H3/t14-,15-,21-/m1/s1. The molecule has 1 N–H and O–H groups in total. The number of rotatable bonds is 5. The molecule has 7 nitrogen and oxygen atoms in total. The highest BCUT2D eigenvalue weighted by Gasteiger charge is 2.34. The number of hydrogen-bond donors (Lipinski definition) is 1. The van der Waals surface area contributed by atoms with Crippen molar-refractivity contribution in [3.63, 3.8) is 0 Å². The first-order valence-corrected chi connectivity index (χ1v) is 10.3. The van der Waals surface area contributed by atoms with Gasteiger partial charge in [0.1, 0.15) is 17.5 Å². The molecule has 3 atom stereocenters. The first-order chi connectivity index (χ1) is 14.7. The van der Waals surface area contributed by atoms with Gasteiger partial charge in [0.2, 0.25) is 11.8 Å². The van der Waals surface area contributed by atoms with Crippen LogP contribution in [0.25, 0.3) is 11.1 Å². The van der Waals surface area contributed by atoms with Crippen LogP contribution in [-0.4, -0.2) is 70.6 Å². The maximum Gasteiger partial charge on any atom is 0.259 e. The lowest BCUT2D eigenvalue weighted by atomic mass is 9.99. The Hall–Kier alpha value is -3.00. The molecule has 1 aromatic carbocycles. The van der Waals surface area contributed by atoms with Crippen LogP contribution in [-0.2, 0) is 4.79 Å². The SMILES string of the molecule is CC(=O)N(C)C[C@H]1Oc2ncc(-c3cccc(F)c3)cc2C(=O)N([C@H](C)CO)C[C@H]1C. The van der Waals surface area contributed by atoms with E-state index in [0.29, 0.717) is 24.2 Å². The molecule has 1 aliphatic heterocycles. The summed E-state index contributed by atoms with van der Waals surface area (Å²) in [6.45, 7) is 5.68. The molecular weight excluding hydrogens is 401 g/mol. The van der Waals surface area contributed by atoms with Gasteiger partial charge in [-0.15, -0.1) is 0 Å². The molecule has 1 aliphatic rings. The first kappa shape index (κ1) is 22.7. The molecular formula is C23H28FN3O4. The van der Waals surface area contributed by atoms with E-state index in [9.17, 15) is 19.1 Å². The van der Waals surface area contributed by atoms with E-state index in [1.807, 2.05) is 6.92 Å². The quantitative estimate of drug-likeness (QED) is 0.790. The Morgan fingerprint density at radius 3 is 2.77 bits per heavy atom. The van der Waals surface area contributed by atoms with Gasteiger partial charge < -0.3 is 19.6 Å². The molecule has 2 aromatic rings. The van der Waals surface area contributed by atoms with Gasteiger partial charge in [0.25, 0.3) is 5.91 Å². The third kappa shape index (κ3) is 5.02. The van der Waals surface area contributed by atoms with Crippen LogP contribution in [0, 0.1) is 11.7 Å². The van der Waals surface area contributed by atoms with Crippen molar-refractivity contribution < 1.29 is 23.8 Å². The van der Waals surface area contributed by atoms with Crippen molar-refractivity contribution in [3.05, 3.63) is 47.9 Å². The molecule has 0 fully saturated rings. The van der Waals surface area contributed by atoms with E-state index in [0.717, 1.165) is 0 Å². The second-order valence-electron chi connectivity index (χ2n) is 8.11. The van der Waals surface area contributed by atoms with E-state index < -0.39 is 12.1 Å². The minimum absolute atomic E-state index is 0.0934. The number of aliphatic hydroxyl groups is 1. The number of carbonyl (C=O) groups is 2. The number of carbonyl (C=O) groups excluding carboxylic acids is 2. The van der Waals surface area contributed by atoms with Gasteiger partial charge in [0.15, 0.2) is 0 Å². The average Bonchev–Trinajstić information content (AvgIpc) is 2.75. The topological polar surface area (TPSA) is 83.0 Å². The van der Waals surface area contributed by atoms with Crippen LogP contribution in [0.15, 0.2) is 36.5 Å². The number of nitrogens with zero attached hydrogens (tertiary/aromatic N) is 3. The smallest absolute Gasteiger partial charge is 0.259 e. The summed E-state index contributed by atoms with van der Waals surface area (Å²) in [4.78, 5) is 32.7. The number of ether oxygens (including phenoxy) is 1. The Morgan fingerprint density at radius 1 is 1.39 bits per heavy atom. The number of halogens is 1. The van der Waals surface area contributed by atoms with Crippen molar-refractivity contribution in [1.29, 1.82) is 0 Å². The molecule has 0 unspecified atom stereocenters. The summed E-state index contributed by atoms with van der Waals surface area (Å²) in [6, 6.07) is 7.28. The lowest BCUT2D eigenvalue weighted by molar-refractivity contribution is -0.129. The number of likely N-dealkylation sites (N-methyl/N-ethyl adjacent to an activating group) is 1. The number of pyridine rings is 1. The van der Waals surface area contributed by atoms with Gasteiger partial charge in [-0.1, -0.05) is 19.1 Å². The zero-order chi connectivity index (χ0) is 22.7. The maximum absolute atomic E-state index is 13.7. The second-order valence-corrected chi connectivity index (χ2v) is 8.11. The van der Waals surface area contributed by atoms with E-state index in [4.69, 9.17) is 4.74 Å². The Labute approximate surface area is 181 Å². The average molecular weight is 429 g/mol. The van der Waals surface area contributed by atoms with Crippen molar-refractivity contribution in [1.82, 2.24) is 14.8 Å². The van der Waals surface area contributed by atoms with Gasteiger partial charge in [-0.2, -0.15) is 0 Å². The second kappa shape index (κ2) is 9.43. The van der Waals surface area contributed by atoms with Crippen LogP contribution >= 0.6 is 0 Å². The predicted molar refractivity (Wildman–Crippen MR) is 114 cm³/mol. The van der Waals surface area contributed by atoms with E-state index in [2.05, 4.69) is 4.98 Å². The van der Waals surface area contributed by atoms with E-state index in [-0.39, 0.29) is 41.6 Å². The fourth-order valence-corrected chi connectivity index (χ4v) is 3.54. The summed E-state index contributed by atoms with van der Waals surface area (Å²) < 4.78 is 19.8. The van der Waals surface area contributed by atoms with Crippen LogP contribution in [0.4, 0.5) is 4.39 Å². The monoisotopic (exact) mass is 429 g/mol. The van der Waals surface area contributed by atoms with Crippen molar-refractivity contribution in [2.24, 2.45) is 5.92 Å². The number of amides is 2. The minimum atomic E-state index is -0.412. The van der Waals surface area contributed by atoms with Crippen LogP contribution in [0.5, 0.6) is 5.88 Å². The van der Waals surface area contributed by atoms with Gasteiger partial charge in [-0.25, -0.2) is 9.37 Å². The molecule has 0 spiro atoms. The lowest BCUT2D eigenvalue weighted by Gasteiger charge is -2.37. The molecule has 0 saturated carbocycles.